The molecule has 0 amide bonds. The number of rotatable bonds is 17. The molecular weight excluding hydrogens is 480 g/mol. The molecule has 0 bridgehead atoms. The summed E-state index contributed by atoms with van der Waals surface area (Å²) in [7, 11) is -5.53. The predicted molar refractivity (Wildman–Crippen MR) is 156 cm³/mol. The lowest BCUT2D eigenvalue weighted by atomic mass is 10.4. The van der Waals surface area contributed by atoms with Crippen molar-refractivity contribution in [3.8, 4) is 0 Å². The van der Waals surface area contributed by atoms with E-state index in [0.29, 0.717) is 46.5 Å². The third-order valence-electron chi connectivity index (χ3n) is 7.67. The summed E-state index contributed by atoms with van der Waals surface area (Å²) in [5.41, 5.74) is 3.34. The fourth-order valence-corrected chi connectivity index (χ4v) is 18.8. The van der Waals surface area contributed by atoms with Crippen LogP contribution in [-0.4, -0.2) is 49.9 Å². The molecule has 0 aromatic carbocycles. The SMILES string of the molecule is CC(C)[Si](OCC(COCCC[Si](C)(C)Cl)O[Si](C(C)C)(C(C)C)C(C)C)(C(C)C)C(C)C. The van der Waals surface area contributed by atoms with Gasteiger partial charge in [0.25, 0.3) is 0 Å². The van der Waals surface area contributed by atoms with Crippen LogP contribution in [0.1, 0.15) is 89.5 Å². The number of hydrogen-bond acceptors (Lipinski definition) is 3. The average molecular weight is 539 g/mol. The molecule has 0 aliphatic carbocycles. The molecule has 0 aromatic heterocycles. The standard InChI is InChI=1S/C26H59ClO3Si3/c1-20(2)32(21(3)4,22(5)6)29-19-26(18-28-16-15-17-31(13,14)27)30-33(23(7)8,24(9)10)25(11)12/h20-26H,15-19H2,1-14H3. The Balaban J connectivity index is 5.73. The molecule has 0 heterocycles. The third kappa shape index (κ3) is 9.66. The van der Waals surface area contributed by atoms with Gasteiger partial charge in [-0.15, -0.1) is 0 Å². The van der Waals surface area contributed by atoms with Crippen molar-refractivity contribution in [3.63, 3.8) is 0 Å². The molecule has 200 valence electrons. The molecule has 1 atom stereocenters. The number of halogens is 1. The van der Waals surface area contributed by atoms with Crippen LogP contribution in [0.25, 0.3) is 0 Å². The monoisotopic (exact) mass is 538 g/mol. The van der Waals surface area contributed by atoms with Crippen LogP contribution in [0.3, 0.4) is 0 Å². The smallest absolute Gasteiger partial charge is 0.201 e. The van der Waals surface area contributed by atoms with Crippen molar-refractivity contribution in [2.75, 3.05) is 19.8 Å². The van der Waals surface area contributed by atoms with E-state index >= 15 is 0 Å². The van der Waals surface area contributed by atoms with E-state index in [2.05, 4.69) is 96.2 Å². The number of hydrogen-bond donors (Lipinski definition) is 0. The van der Waals surface area contributed by atoms with E-state index in [0.717, 1.165) is 19.1 Å². The summed E-state index contributed by atoms with van der Waals surface area (Å²) in [6, 6.07) is 1.09. The normalized spacial score (nSPS) is 15.2. The van der Waals surface area contributed by atoms with Gasteiger partial charge in [0.05, 0.1) is 19.3 Å². The van der Waals surface area contributed by atoms with Crippen molar-refractivity contribution in [1.29, 1.82) is 0 Å². The Bertz CT molecular complexity index is 488. The molecule has 0 saturated heterocycles. The van der Waals surface area contributed by atoms with Gasteiger partial charge in [-0.3, -0.25) is 0 Å². The first-order valence-corrected chi connectivity index (χ1v) is 22.0. The van der Waals surface area contributed by atoms with Gasteiger partial charge >= 0.3 is 0 Å². The largest absolute Gasteiger partial charge is 0.413 e. The summed E-state index contributed by atoms with van der Waals surface area (Å²) in [6.45, 7) is 34.7. The maximum Gasteiger partial charge on any atom is 0.201 e. The topological polar surface area (TPSA) is 27.7 Å². The van der Waals surface area contributed by atoms with Gasteiger partial charge in [-0.2, -0.15) is 11.1 Å². The quantitative estimate of drug-likeness (QED) is 0.105. The van der Waals surface area contributed by atoms with E-state index < -0.39 is 24.0 Å². The fraction of sp³-hybridized carbons (Fsp3) is 1.00. The zero-order valence-electron chi connectivity index (χ0n) is 24.7. The lowest BCUT2D eigenvalue weighted by molar-refractivity contribution is 0.0131. The highest BCUT2D eigenvalue weighted by Crippen LogP contribution is 2.45. The molecule has 33 heavy (non-hydrogen) atoms. The van der Waals surface area contributed by atoms with Crippen LogP contribution in [-0.2, 0) is 13.6 Å². The van der Waals surface area contributed by atoms with Gasteiger partial charge in [0.1, 0.15) is 0 Å². The van der Waals surface area contributed by atoms with Gasteiger partial charge < -0.3 is 13.6 Å². The minimum Gasteiger partial charge on any atom is -0.413 e. The Morgan fingerprint density at radius 1 is 0.606 bits per heavy atom. The minimum atomic E-state index is -2.03. The molecule has 0 N–H and O–H groups in total. The Morgan fingerprint density at radius 2 is 1.00 bits per heavy atom. The lowest BCUT2D eigenvalue weighted by Gasteiger charge is -2.46. The molecule has 0 aliphatic rings. The first kappa shape index (κ1) is 33.8. The maximum absolute atomic E-state index is 7.20. The average Bonchev–Trinajstić information content (AvgIpc) is 2.62. The van der Waals surface area contributed by atoms with Crippen LogP contribution in [0.4, 0.5) is 0 Å². The van der Waals surface area contributed by atoms with Crippen molar-refractivity contribution in [2.24, 2.45) is 0 Å². The highest BCUT2D eigenvalue weighted by Gasteiger charge is 2.48. The van der Waals surface area contributed by atoms with Crippen molar-refractivity contribution >= 4 is 35.1 Å². The Kier molecular flexibility index (Phi) is 14.9. The van der Waals surface area contributed by atoms with Gasteiger partial charge in [-0.05, 0) is 45.7 Å². The highest BCUT2D eigenvalue weighted by molar-refractivity contribution is 7.19. The van der Waals surface area contributed by atoms with Crippen molar-refractivity contribution < 1.29 is 13.6 Å². The summed E-state index contributed by atoms with van der Waals surface area (Å²) >= 11 is 6.50. The first-order chi connectivity index (χ1) is 14.9. The van der Waals surface area contributed by atoms with E-state index in [9.17, 15) is 0 Å². The minimum absolute atomic E-state index is 0.00625. The maximum atomic E-state index is 7.20. The molecule has 0 saturated carbocycles. The summed E-state index contributed by atoms with van der Waals surface area (Å²) in [5, 5.41) is 0. The third-order valence-corrected chi connectivity index (χ3v) is 22.0. The zero-order valence-corrected chi connectivity index (χ0v) is 28.4. The molecule has 0 rings (SSSR count). The molecule has 0 aromatic rings. The molecule has 3 nitrogen and oxygen atoms in total. The molecule has 0 radical (unpaired) electrons. The predicted octanol–water partition coefficient (Wildman–Crippen LogP) is 9.59. The summed E-state index contributed by atoms with van der Waals surface area (Å²) < 4.78 is 20.4. The van der Waals surface area contributed by atoms with Gasteiger partial charge in [-0.25, -0.2) is 0 Å². The van der Waals surface area contributed by atoms with Gasteiger partial charge in [0, 0.05) is 6.61 Å². The second kappa shape index (κ2) is 14.5. The summed E-state index contributed by atoms with van der Waals surface area (Å²) in [6.07, 6.45) is 1.02. The zero-order chi connectivity index (χ0) is 26.2. The molecule has 0 aliphatic heterocycles. The molecular formula is C26H59ClO3Si3. The fourth-order valence-electron chi connectivity index (χ4n) is 6.36. The summed E-state index contributed by atoms with van der Waals surface area (Å²) in [5.74, 6) is 0. The second-order valence-electron chi connectivity index (χ2n) is 12.6. The van der Waals surface area contributed by atoms with Crippen molar-refractivity contribution in [3.05, 3.63) is 0 Å². The van der Waals surface area contributed by atoms with E-state index in [-0.39, 0.29) is 6.10 Å². The van der Waals surface area contributed by atoms with Crippen molar-refractivity contribution in [1.82, 2.24) is 0 Å². The van der Waals surface area contributed by atoms with E-state index in [4.69, 9.17) is 24.7 Å². The van der Waals surface area contributed by atoms with Gasteiger partial charge in [0.2, 0.25) is 8.32 Å². The van der Waals surface area contributed by atoms with E-state index in [1.165, 1.54) is 0 Å². The molecule has 1 unspecified atom stereocenters. The lowest BCUT2D eigenvalue weighted by Crippen LogP contribution is -2.54. The van der Waals surface area contributed by atoms with Crippen LogP contribution < -0.4 is 0 Å². The van der Waals surface area contributed by atoms with Crippen molar-refractivity contribution in [2.45, 2.75) is 148 Å². The number of ether oxygens (including phenoxy) is 1. The first-order valence-electron chi connectivity index (χ1n) is 13.5. The Labute approximate surface area is 216 Å². The summed E-state index contributed by atoms with van der Waals surface area (Å²) in [4.78, 5) is 0. The van der Waals surface area contributed by atoms with E-state index in [1.807, 2.05) is 0 Å². The van der Waals surface area contributed by atoms with Gasteiger partial charge in [0.15, 0.2) is 15.7 Å². The molecule has 7 heteroatoms. The second-order valence-corrected chi connectivity index (χ2v) is 30.5. The highest BCUT2D eigenvalue weighted by atomic mass is 35.6. The molecule has 0 fully saturated rings. The van der Waals surface area contributed by atoms with Crippen LogP contribution in [0.15, 0.2) is 0 Å². The van der Waals surface area contributed by atoms with Crippen LogP contribution in [0.5, 0.6) is 0 Å². The van der Waals surface area contributed by atoms with Gasteiger partial charge in [-0.1, -0.05) is 96.2 Å². The van der Waals surface area contributed by atoms with Crippen LogP contribution in [0, 0.1) is 0 Å². The Hall–Kier alpha value is 0.821. The Morgan fingerprint density at radius 3 is 1.33 bits per heavy atom. The van der Waals surface area contributed by atoms with Crippen LogP contribution >= 0.6 is 11.1 Å². The molecule has 0 spiro atoms. The van der Waals surface area contributed by atoms with E-state index in [1.54, 1.807) is 0 Å². The van der Waals surface area contributed by atoms with Crippen LogP contribution in [0.2, 0.25) is 52.4 Å².